The van der Waals surface area contributed by atoms with Crippen molar-refractivity contribution in [2.24, 2.45) is 0 Å². The quantitative estimate of drug-likeness (QED) is 0.880. The van der Waals surface area contributed by atoms with Gasteiger partial charge in [-0.2, -0.15) is 5.10 Å². The summed E-state index contributed by atoms with van der Waals surface area (Å²) in [5, 5.41) is 16.0. The van der Waals surface area contributed by atoms with E-state index in [9.17, 15) is 4.79 Å². The van der Waals surface area contributed by atoms with Crippen LogP contribution >= 0.6 is 23.4 Å². The lowest BCUT2D eigenvalue weighted by atomic mass is 10.2. The fraction of sp³-hybridized carbons (Fsp3) is 0. The predicted octanol–water partition coefficient (Wildman–Crippen LogP) is 2.31. The van der Waals surface area contributed by atoms with Gasteiger partial charge in [-0.25, -0.2) is 9.78 Å². The second-order valence-corrected chi connectivity index (χ2v) is 4.31. The number of carbonyl (C=O) groups is 1. The van der Waals surface area contributed by atoms with Crippen molar-refractivity contribution < 1.29 is 9.90 Å². The first-order valence-corrected chi connectivity index (χ1v) is 5.42. The Morgan fingerprint density at radius 1 is 1.50 bits per heavy atom. The molecule has 0 saturated heterocycles. The van der Waals surface area contributed by atoms with E-state index in [1.54, 1.807) is 12.1 Å². The third-order valence-corrected chi connectivity index (χ3v) is 2.97. The molecule has 0 radical (unpaired) electrons. The Hall–Kier alpha value is -1.53. The maximum Gasteiger partial charge on any atom is 0.337 e. The number of rotatable bonds is 3. The van der Waals surface area contributed by atoms with E-state index in [-0.39, 0.29) is 10.6 Å². The Morgan fingerprint density at radius 3 is 2.88 bits per heavy atom. The van der Waals surface area contributed by atoms with Crippen LogP contribution in [0.1, 0.15) is 10.4 Å². The summed E-state index contributed by atoms with van der Waals surface area (Å²) in [7, 11) is 0. The molecule has 5 nitrogen and oxygen atoms in total. The Bertz CT molecular complexity index is 515. The van der Waals surface area contributed by atoms with Crippen LogP contribution in [0.5, 0.6) is 0 Å². The minimum Gasteiger partial charge on any atom is -0.478 e. The fourth-order valence-corrected chi connectivity index (χ4v) is 2.15. The lowest BCUT2D eigenvalue weighted by Gasteiger charge is -2.01. The molecule has 0 bridgehead atoms. The molecule has 0 saturated carbocycles. The number of nitrogens with zero attached hydrogens (tertiary/aromatic N) is 2. The normalized spacial score (nSPS) is 10.3. The molecule has 2 N–H and O–H groups in total. The molecule has 0 aliphatic rings. The second kappa shape index (κ2) is 4.54. The molecule has 1 aromatic carbocycles. The van der Waals surface area contributed by atoms with Crippen molar-refractivity contribution in [3.8, 4) is 0 Å². The summed E-state index contributed by atoms with van der Waals surface area (Å²) < 4.78 is 0. The molecule has 2 aromatic rings. The number of benzene rings is 1. The number of hydrogen-bond donors (Lipinski definition) is 2. The van der Waals surface area contributed by atoms with E-state index in [1.807, 2.05) is 0 Å². The van der Waals surface area contributed by atoms with Crippen LogP contribution in [0.4, 0.5) is 0 Å². The molecule has 0 spiro atoms. The van der Waals surface area contributed by atoms with Crippen LogP contribution in [-0.4, -0.2) is 26.3 Å². The first kappa shape index (κ1) is 11.0. The summed E-state index contributed by atoms with van der Waals surface area (Å²) in [4.78, 5) is 15.5. The van der Waals surface area contributed by atoms with Gasteiger partial charge in [0.25, 0.3) is 0 Å². The van der Waals surface area contributed by atoms with Crippen molar-refractivity contribution in [1.82, 2.24) is 15.2 Å². The van der Waals surface area contributed by atoms with E-state index in [2.05, 4.69) is 15.2 Å². The monoisotopic (exact) mass is 255 g/mol. The lowest BCUT2D eigenvalue weighted by molar-refractivity contribution is 0.0697. The highest BCUT2D eigenvalue weighted by Gasteiger charge is 2.09. The van der Waals surface area contributed by atoms with E-state index >= 15 is 0 Å². The van der Waals surface area contributed by atoms with Crippen molar-refractivity contribution in [1.29, 1.82) is 0 Å². The Kier molecular flexibility index (Phi) is 3.12. The summed E-state index contributed by atoms with van der Waals surface area (Å²) in [6.07, 6.45) is 1.40. The Morgan fingerprint density at radius 2 is 2.31 bits per heavy atom. The minimum absolute atomic E-state index is 0.0867. The van der Waals surface area contributed by atoms with Gasteiger partial charge >= 0.3 is 5.97 Å². The number of nitrogens with one attached hydrogen (secondary N) is 1. The largest absolute Gasteiger partial charge is 0.478 e. The van der Waals surface area contributed by atoms with Gasteiger partial charge in [-0.15, -0.1) is 0 Å². The van der Waals surface area contributed by atoms with Gasteiger partial charge in [0.2, 0.25) is 0 Å². The maximum atomic E-state index is 10.7. The third kappa shape index (κ3) is 2.34. The molecule has 1 heterocycles. The van der Waals surface area contributed by atoms with Crippen LogP contribution in [0.25, 0.3) is 0 Å². The Balaban J connectivity index is 2.24. The van der Waals surface area contributed by atoms with E-state index in [0.29, 0.717) is 5.16 Å². The number of hydrogen-bond acceptors (Lipinski definition) is 4. The summed E-state index contributed by atoms with van der Waals surface area (Å²) in [6, 6.07) is 4.71. The first-order valence-electron chi connectivity index (χ1n) is 4.23. The summed E-state index contributed by atoms with van der Waals surface area (Å²) >= 11 is 7.15. The van der Waals surface area contributed by atoms with Gasteiger partial charge < -0.3 is 5.11 Å². The van der Waals surface area contributed by atoms with Crippen molar-refractivity contribution in [3.63, 3.8) is 0 Å². The molecule has 0 unspecified atom stereocenters. The van der Waals surface area contributed by atoms with E-state index in [1.165, 1.54) is 24.2 Å². The number of carboxylic acids is 1. The molecule has 16 heavy (non-hydrogen) atoms. The zero-order valence-electron chi connectivity index (χ0n) is 7.85. The maximum absolute atomic E-state index is 10.7. The van der Waals surface area contributed by atoms with Gasteiger partial charge in [0.15, 0.2) is 5.16 Å². The molecule has 2 rings (SSSR count). The van der Waals surface area contributed by atoms with E-state index < -0.39 is 5.97 Å². The van der Waals surface area contributed by atoms with Crippen molar-refractivity contribution in [2.45, 2.75) is 10.1 Å². The molecule has 0 fully saturated rings. The van der Waals surface area contributed by atoms with Crippen LogP contribution in [0.15, 0.2) is 34.6 Å². The summed E-state index contributed by atoms with van der Waals surface area (Å²) in [5.74, 6) is -1.04. The minimum atomic E-state index is -1.04. The first-order chi connectivity index (χ1) is 7.66. The average Bonchev–Trinajstić information content (AvgIpc) is 2.70. The van der Waals surface area contributed by atoms with Gasteiger partial charge in [-0.1, -0.05) is 23.4 Å². The van der Waals surface area contributed by atoms with Crippen LogP contribution in [-0.2, 0) is 0 Å². The second-order valence-electron chi connectivity index (χ2n) is 2.84. The third-order valence-electron chi connectivity index (χ3n) is 1.78. The van der Waals surface area contributed by atoms with Gasteiger partial charge in [-0.05, 0) is 18.2 Å². The molecule has 82 valence electrons. The zero-order valence-corrected chi connectivity index (χ0v) is 9.42. The number of carboxylic acid groups (broad SMARTS) is 1. The SMILES string of the molecule is O=C(O)c1ccc(Sc2ncn[nH]2)cc1Cl. The summed E-state index contributed by atoms with van der Waals surface area (Å²) in [5.41, 5.74) is 0.0867. The van der Waals surface area contributed by atoms with E-state index in [4.69, 9.17) is 16.7 Å². The van der Waals surface area contributed by atoms with Crippen LogP contribution in [0.2, 0.25) is 5.02 Å². The van der Waals surface area contributed by atoms with Crippen LogP contribution in [0.3, 0.4) is 0 Å². The molecule has 0 atom stereocenters. The molecular formula is C9H6ClN3O2S. The number of H-pyrrole nitrogens is 1. The predicted molar refractivity (Wildman–Crippen MR) is 58.9 cm³/mol. The molecule has 0 aliphatic heterocycles. The molecule has 7 heteroatoms. The van der Waals surface area contributed by atoms with Gasteiger partial charge in [0.1, 0.15) is 6.33 Å². The molecule has 1 aromatic heterocycles. The van der Waals surface area contributed by atoms with Crippen molar-refractivity contribution in [2.75, 3.05) is 0 Å². The highest BCUT2D eigenvalue weighted by atomic mass is 35.5. The average molecular weight is 256 g/mol. The smallest absolute Gasteiger partial charge is 0.337 e. The number of aromatic carboxylic acids is 1. The standard InChI is InChI=1S/C9H6ClN3O2S/c10-7-3-5(1-2-6(7)8(14)15)16-9-11-4-12-13-9/h1-4H,(H,14,15)(H,11,12,13). The lowest BCUT2D eigenvalue weighted by Crippen LogP contribution is -1.96. The molecular weight excluding hydrogens is 250 g/mol. The number of aromatic nitrogens is 3. The van der Waals surface area contributed by atoms with Crippen LogP contribution < -0.4 is 0 Å². The van der Waals surface area contributed by atoms with Crippen molar-refractivity contribution >= 4 is 29.3 Å². The molecule has 0 aliphatic carbocycles. The fourth-order valence-electron chi connectivity index (χ4n) is 1.09. The van der Waals surface area contributed by atoms with Gasteiger partial charge in [-0.3, -0.25) is 5.10 Å². The van der Waals surface area contributed by atoms with Gasteiger partial charge in [0, 0.05) is 4.90 Å². The molecule has 0 amide bonds. The van der Waals surface area contributed by atoms with E-state index in [0.717, 1.165) is 4.90 Å². The van der Waals surface area contributed by atoms with Gasteiger partial charge in [0.05, 0.1) is 10.6 Å². The van der Waals surface area contributed by atoms with Crippen LogP contribution in [0, 0.1) is 0 Å². The number of halogens is 1. The number of aromatic amines is 1. The van der Waals surface area contributed by atoms with Crippen molar-refractivity contribution in [3.05, 3.63) is 35.1 Å². The topological polar surface area (TPSA) is 78.9 Å². The summed E-state index contributed by atoms with van der Waals surface area (Å²) in [6.45, 7) is 0. The Labute approximate surface area is 99.9 Å². The highest BCUT2D eigenvalue weighted by Crippen LogP contribution is 2.28. The highest BCUT2D eigenvalue weighted by molar-refractivity contribution is 7.99. The zero-order chi connectivity index (χ0) is 11.5.